The molecular weight excluding hydrogens is 202 g/mol. The molecule has 2 rings (SSSR count). The number of aromatic nitrogens is 2. The zero-order valence-corrected chi connectivity index (χ0v) is 10.2. The number of nitrogens with one attached hydrogen (secondary N) is 1. The molecule has 0 unspecified atom stereocenters. The van der Waals surface area contributed by atoms with Crippen LogP contribution in [0, 0.1) is 18.8 Å². The van der Waals surface area contributed by atoms with E-state index in [1.165, 1.54) is 25.7 Å². The Hall–Kier alpha value is -0.900. The van der Waals surface area contributed by atoms with Crippen LogP contribution in [0.25, 0.3) is 0 Å². The van der Waals surface area contributed by atoms with Gasteiger partial charge in [-0.1, -0.05) is 24.9 Å². The zero-order valence-electron chi connectivity index (χ0n) is 10.2. The minimum absolute atomic E-state index is 0.696. The van der Waals surface area contributed by atoms with E-state index in [1.54, 1.807) is 0 Å². The minimum atomic E-state index is 0.696. The lowest BCUT2D eigenvalue weighted by Crippen LogP contribution is -2.25. The fourth-order valence-electron chi connectivity index (χ4n) is 2.33. The molecule has 0 radical (unpaired) electrons. The van der Waals surface area contributed by atoms with Gasteiger partial charge in [0.1, 0.15) is 0 Å². The fourth-order valence-corrected chi connectivity index (χ4v) is 2.33. The Kier molecular flexibility index (Phi) is 3.93. The van der Waals surface area contributed by atoms with Crippen molar-refractivity contribution >= 4 is 0 Å². The molecule has 1 heterocycles. The van der Waals surface area contributed by atoms with Gasteiger partial charge in [-0.15, -0.1) is 0 Å². The predicted octanol–water partition coefficient (Wildman–Crippen LogP) is 2.29. The van der Waals surface area contributed by atoms with E-state index < -0.39 is 0 Å². The van der Waals surface area contributed by atoms with Crippen LogP contribution in [0.3, 0.4) is 0 Å². The summed E-state index contributed by atoms with van der Waals surface area (Å²) >= 11 is 0. The Morgan fingerprint density at radius 1 is 1.31 bits per heavy atom. The summed E-state index contributed by atoms with van der Waals surface area (Å²) in [5.41, 5.74) is 0. The van der Waals surface area contributed by atoms with Gasteiger partial charge in [-0.25, -0.2) is 0 Å². The van der Waals surface area contributed by atoms with E-state index in [2.05, 4.69) is 22.4 Å². The van der Waals surface area contributed by atoms with E-state index >= 15 is 0 Å². The lowest BCUT2D eigenvalue weighted by atomic mass is 9.83. The van der Waals surface area contributed by atoms with E-state index in [4.69, 9.17) is 4.52 Å². The molecule has 0 saturated heterocycles. The Bertz CT molecular complexity index is 316. The lowest BCUT2D eigenvalue weighted by molar-refractivity contribution is 0.276. The van der Waals surface area contributed by atoms with Crippen molar-refractivity contribution in [3.63, 3.8) is 0 Å². The number of nitrogens with zero attached hydrogens (tertiary/aromatic N) is 2. The maximum atomic E-state index is 5.05. The number of hydrogen-bond acceptors (Lipinski definition) is 4. The highest BCUT2D eigenvalue weighted by atomic mass is 16.5. The molecular formula is C12H21N3O. The van der Waals surface area contributed by atoms with Gasteiger partial charge in [-0.2, -0.15) is 4.98 Å². The highest BCUT2D eigenvalue weighted by Gasteiger charge is 2.17. The second kappa shape index (κ2) is 5.43. The Balaban J connectivity index is 1.64. The van der Waals surface area contributed by atoms with Crippen molar-refractivity contribution < 1.29 is 4.52 Å². The molecule has 90 valence electrons. The highest BCUT2D eigenvalue weighted by molar-refractivity contribution is 4.82. The topological polar surface area (TPSA) is 51.0 Å². The van der Waals surface area contributed by atoms with Gasteiger partial charge in [0.05, 0.1) is 6.54 Å². The quantitative estimate of drug-likeness (QED) is 0.851. The summed E-state index contributed by atoms with van der Waals surface area (Å²) in [4.78, 5) is 4.17. The standard InChI is InChI=1S/C12H21N3O/c1-9-3-5-11(6-4-9)7-13-8-12-14-10(2)15-16-12/h9,11,13H,3-8H2,1-2H3. The molecule has 1 saturated carbocycles. The van der Waals surface area contributed by atoms with Crippen LogP contribution < -0.4 is 5.32 Å². The number of hydrogen-bond donors (Lipinski definition) is 1. The predicted molar refractivity (Wildman–Crippen MR) is 61.9 cm³/mol. The van der Waals surface area contributed by atoms with Gasteiger partial charge in [-0.05, 0) is 38.1 Å². The maximum Gasteiger partial charge on any atom is 0.240 e. The molecule has 0 aromatic carbocycles. The van der Waals surface area contributed by atoms with E-state index in [-0.39, 0.29) is 0 Å². The minimum Gasteiger partial charge on any atom is -0.338 e. The Labute approximate surface area is 96.8 Å². The molecule has 1 fully saturated rings. The van der Waals surface area contributed by atoms with Crippen molar-refractivity contribution in [2.75, 3.05) is 6.54 Å². The average molecular weight is 223 g/mol. The van der Waals surface area contributed by atoms with Gasteiger partial charge >= 0.3 is 0 Å². The first-order valence-corrected chi connectivity index (χ1v) is 6.24. The Morgan fingerprint density at radius 2 is 2.06 bits per heavy atom. The van der Waals surface area contributed by atoms with Crippen LogP contribution in [0.4, 0.5) is 0 Å². The summed E-state index contributed by atoms with van der Waals surface area (Å²) < 4.78 is 5.05. The van der Waals surface area contributed by atoms with Crippen molar-refractivity contribution in [1.29, 1.82) is 0 Å². The highest BCUT2D eigenvalue weighted by Crippen LogP contribution is 2.27. The van der Waals surface area contributed by atoms with Crippen molar-refractivity contribution in [3.05, 3.63) is 11.7 Å². The van der Waals surface area contributed by atoms with Crippen LogP contribution in [0.1, 0.15) is 44.3 Å². The molecule has 16 heavy (non-hydrogen) atoms. The molecule has 4 heteroatoms. The monoisotopic (exact) mass is 223 g/mol. The first kappa shape index (κ1) is 11.6. The molecule has 1 N–H and O–H groups in total. The van der Waals surface area contributed by atoms with E-state index in [1.807, 2.05) is 6.92 Å². The molecule has 1 aromatic heterocycles. The molecule has 0 aliphatic heterocycles. The van der Waals surface area contributed by atoms with Crippen LogP contribution in [-0.4, -0.2) is 16.7 Å². The molecule has 0 spiro atoms. The second-order valence-electron chi connectivity index (χ2n) is 4.99. The fraction of sp³-hybridized carbons (Fsp3) is 0.833. The average Bonchev–Trinajstić information content (AvgIpc) is 2.67. The van der Waals surface area contributed by atoms with Crippen LogP contribution in [0.2, 0.25) is 0 Å². The van der Waals surface area contributed by atoms with Gasteiger partial charge in [-0.3, -0.25) is 0 Å². The van der Waals surface area contributed by atoms with Crippen LogP contribution >= 0.6 is 0 Å². The third-order valence-corrected chi connectivity index (χ3v) is 3.41. The number of rotatable bonds is 4. The molecule has 0 bridgehead atoms. The van der Waals surface area contributed by atoms with Gasteiger partial charge in [0.25, 0.3) is 0 Å². The number of aryl methyl sites for hydroxylation is 1. The first-order valence-electron chi connectivity index (χ1n) is 6.24. The van der Waals surface area contributed by atoms with Crippen LogP contribution in [-0.2, 0) is 6.54 Å². The third-order valence-electron chi connectivity index (χ3n) is 3.41. The van der Waals surface area contributed by atoms with E-state index in [9.17, 15) is 0 Å². The van der Waals surface area contributed by atoms with E-state index in [0.29, 0.717) is 18.3 Å². The van der Waals surface area contributed by atoms with Crippen molar-refractivity contribution in [2.45, 2.75) is 46.1 Å². The smallest absolute Gasteiger partial charge is 0.240 e. The summed E-state index contributed by atoms with van der Waals surface area (Å²) in [5.74, 6) is 3.17. The lowest BCUT2D eigenvalue weighted by Gasteiger charge is -2.26. The summed E-state index contributed by atoms with van der Waals surface area (Å²) in [7, 11) is 0. The molecule has 4 nitrogen and oxygen atoms in total. The molecule has 0 atom stereocenters. The van der Waals surface area contributed by atoms with Crippen LogP contribution in [0.5, 0.6) is 0 Å². The molecule has 1 aliphatic rings. The SMILES string of the molecule is Cc1noc(CNCC2CCC(C)CC2)n1. The molecule has 0 amide bonds. The van der Waals surface area contributed by atoms with Crippen molar-refractivity contribution in [2.24, 2.45) is 11.8 Å². The normalized spacial score (nSPS) is 25.9. The van der Waals surface area contributed by atoms with Gasteiger partial charge in [0, 0.05) is 0 Å². The zero-order chi connectivity index (χ0) is 11.4. The summed E-state index contributed by atoms with van der Waals surface area (Å²) in [6.07, 6.45) is 5.48. The second-order valence-corrected chi connectivity index (χ2v) is 4.99. The summed E-state index contributed by atoms with van der Waals surface area (Å²) in [6, 6.07) is 0. The molecule has 1 aromatic rings. The summed E-state index contributed by atoms with van der Waals surface area (Å²) in [5, 5.41) is 7.17. The van der Waals surface area contributed by atoms with Gasteiger partial charge in [0.2, 0.25) is 5.89 Å². The van der Waals surface area contributed by atoms with E-state index in [0.717, 1.165) is 18.4 Å². The van der Waals surface area contributed by atoms with Gasteiger partial charge in [0.15, 0.2) is 5.82 Å². The first-order chi connectivity index (χ1) is 7.74. The molecule has 1 aliphatic carbocycles. The van der Waals surface area contributed by atoms with Crippen LogP contribution in [0.15, 0.2) is 4.52 Å². The van der Waals surface area contributed by atoms with Crippen molar-refractivity contribution in [3.8, 4) is 0 Å². The third kappa shape index (κ3) is 3.30. The largest absolute Gasteiger partial charge is 0.338 e. The maximum absolute atomic E-state index is 5.05. The van der Waals surface area contributed by atoms with Gasteiger partial charge < -0.3 is 9.84 Å². The van der Waals surface area contributed by atoms with Crippen molar-refractivity contribution in [1.82, 2.24) is 15.5 Å². The summed E-state index contributed by atoms with van der Waals surface area (Å²) in [6.45, 7) is 5.97. The Morgan fingerprint density at radius 3 is 2.69 bits per heavy atom.